The molecule has 0 radical (unpaired) electrons. The number of aryl methyl sites for hydroxylation is 1. The first kappa shape index (κ1) is 12.7. The van der Waals surface area contributed by atoms with Crippen molar-refractivity contribution >= 4 is 23.1 Å². The van der Waals surface area contributed by atoms with Crippen molar-refractivity contribution in [1.29, 1.82) is 0 Å². The molecule has 0 bridgehead atoms. The second-order valence-electron chi connectivity index (χ2n) is 4.03. The van der Waals surface area contributed by atoms with Crippen molar-refractivity contribution < 1.29 is 9.21 Å². The summed E-state index contributed by atoms with van der Waals surface area (Å²) in [6.07, 6.45) is 1.48. The van der Waals surface area contributed by atoms with Crippen molar-refractivity contribution in [3.63, 3.8) is 0 Å². The molecule has 1 atom stereocenters. The van der Waals surface area contributed by atoms with Crippen LogP contribution in [-0.4, -0.2) is 16.9 Å². The summed E-state index contributed by atoms with van der Waals surface area (Å²) >= 11 is 4.91. The zero-order chi connectivity index (χ0) is 12.3. The highest BCUT2D eigenvalue weighted by molar-refractivity contribution is 7.80. The maximum atomic E-state index is 11.8. The number of nitrogens with one attached hydrogen (secondary N) is 1. The highest BCUT2D eigenvalue weighted by atomic mass is 32.1. The summed E-state index contributed by atoms with van der Waals surface area (Å²) in [5.74, 6) is 0.174. The van der Waals surface area contributed by atoms with Gasteiger partial charge in [-0.3, -0.25) is 4.79 Å². The van der Waals surface area contributed by atoms with Gasteiger partial charge in [0.05, 0.1) is 17.3 Å². The maximum absolute atomic E-state index is 11.8. The number of carbonyl (C=O) groups is 1. The van der Waals surface area contributed by atoms with Gasteiger partial charge in [0.15, 0.2) is 5.76 Å². The van der Waals surface area contributed by atoms with E-state index < -0.39 is 0 Å². The van der Waals surface area contributed by atoms with Crippen LogP contribution >= 0.6 is 12.2 Å². The van der Waals surface area contributed by atoms with Gasteiger partial charge in [0.2, 0.25) is 0 Å². The molecule has 1 heterocycles. The molecule has 0 saturated heterocycles. The first-order valence-corrected chi connectivity index (χ1v) is 5.48. The Morgan fingerprint density at radius 1 is 1.56 bits per heavy atom. The predicted octanol–water partition coefficient (Wildman–Crippen LogP) is 1.63. The Balaban J connectivity index is 2.77. The van der Waals surface area contributed by atoms with E-state index in [2.05, 4.69) is 5.32 Å². The summed E-state index contributed by atoms with van der Waals surface area (Å²) in [7, 11) is 0. The first-order valence-electron chi connectivity index (χ1n) is 5.07. The molecule has 1 aromatic heterocycles. The third-order valence-corrected chi connectivity index (χ3v) is 2.58. The minimum atomic E-state index is -0.313. The Kier molecular flexibility index (Phi) is 4.06. The molecule has 1 amide bonds. The molecule has 1 unspecified atom stereocenters. The van der Waals surface area contributed by atoms with E-state index in [1.54, 1.807) is 6.07 Å². The fourth-order valence-electron chi connectivity index (χ4n) is 1.38. The number of carbonyl (C=O) groups excluding carboxylic acids is 1. The fourth-order valence-corrected chi connectivity index (χ4v) is 1.71. The Morgan fingerprint density at radius 3 is 2.56 bits per heavy atom. The topological polar surface area (TPSA) is 68.3 Å². The van der Waals surface area contributed by atoms with E-state index in [0.29, 0.717) is 5.76 Å². The molecule has 0 aliphatic rings. The summed E-state index contributed by atoms with van der Waals surface area (Å²) in [6.45, 7) is 5.70. The third kappa shape index (κ3) is 2.82. The van der Waals surface area contributed by atoms with Gasteiger partial charge in [-0.1, -0.05) is 26.1 Å². The second-order valence-corrected chi connectivity index (χ2v) is 4.50. The Hall–Kier alpha value is -1.36. The lowest BCUT2D eigenvalue weighted by molar-refractivity contribution is 0.0911. The van der Waals surface area contributed by atoms with E-state index in [0.717, 1.165) is 5.56 Å². The number of nitrogens with two attached hydrogens (primary N) is 1. The van der Waals surface area contributed by atoms with Crippen LogP contribution in [0, 0.1) is 12.8 Å². The largest absolute Gasteiger partial charge is 0.459 e. The number of hydrogen-bond donors (Lipinski definition) is 2. The SMILES string of the molecule is Cc1ccoc1C(=O)NC(C(N)=S)C(C)C. The first-order chi connectivity index (χ1) is 7.43. The van der Waals surface area contributed by atoms with E-state index in [-0.39, 0.29) is 22.9 Å². The highest BCUT2D eigenvalue weighted by Gasteiger charge is 2.21. The molecule has 3 N–H and O–H groups in total. The lowest BCUT2D eigenvalue weighted by Gasteiger charge is -2.20. The van der Waals surface area contributed by atoms with Crippen LogP contribution in [-0.2, 0) is 0 Å². The molecule has 1 rings (SSSR count). The van der Waals surface area contributed by atoms with Gasteiger partial charge in [-0.05, 0) is 18.9 Å². The Labute approximate surface area is 100 Å². The molecule has 5 heteroatoms. The van der Waals surface area contributed by atoms with E-state index in [1.165, 1.54) is 6.26 Å². The monoisotopic (exact) mass is 240 g/mol. The van der Waals surface area contributed by atoms with Crippen LogP contribution in [0.1, 0.15) is 30.0 Å². The third-order valence-electron chi connectivity index (χ3n) is 2.33. The van der Waals surface area contributed by atoms with Crippen molar-refractivity contribution in [2.75, 3.05) is 0 Å². The van der Waals surface area contributed by atoms with E-state index in [1.807, 2.05) is 20.8 Å². The van der Waals surface area contributed by atoms with Crippen molar-refractivity contribution in [3.05, 3.63) is 23.7 Å². The van der Waals surface area contributed by atoms with E-state index >= 15 is 0 Å². The van der Waals surface area contributed by atoms with Gasteiger partial charge in [0.1, 0.15) is 0 Å². The van der Waals surface area contributed by atoms with Crippen LogP contribution in [0.4, 0.5) is 0 Å². The zero-order valence-electron chi connectivity index (χ0n) is 9.61. The fraction of sp³-hybridized carbons (Fsp3) is 0.455. The van der Waals surface area contributed by atoms with Gasteiger partial charge >= 0.3 is 0 Å². The van der Waals surface area contributed by atoms with Gasteiger partial charge in [0.25, 0.3) is 5.91 Å². The van der Waals surface area contributed by atoms with Crippen molar-refractivity contribution in [2.24, 2.45) is 11.7 Å². The molecule has 88 valence electrons. The van der Waals surface area contributed by atoms with Gasteiger partial charge in [0, 0.05) is 5.56 Å². The molecule has 0 aliphatic carbocycles. The zero-order valence-corrected chi connectivity index (χ0v) is 10.4. The Morgan fingerprint density at radius 2 is 2.19 bits per heavy atom. The minimum absolute atomic E-state index is 0.150. The van der Waals surface area contributed by atoms with E-state index in [9.17, 15) is 4.79 Å². The van der Waals surface area contributed by atoms with Crippen LogP contribution in [0.3, 0.4) is 0 Å². The molecule has 0 aliphatic heterocycles. The summed E-state index contributed by atoms with van der Waals surface area (Å²) in [5.41, 5.74) is 6.36. The standard InChI is InChI=1S/C11H16N2O2S/c1-6(2)8(10(12)16)13-11(14)9-7(3)4-5-15-9/h4-6,8H,1-3H3,(H2,12,16)(H,13,14). The Bertz CT molecular complexity index is 398. The second kappa shape index (κ2) is 5.12. The molecule has 1 aromatic rings. The summed E-state index contributed by atoms with van der Waals surface area (Å²) in [4.78, 5) is 12.1. The normalized spacial score (nSPS) is 12.5. The van der Waals surface area contributed by atoms with Crippen LogP contribution in [0.5, 0.6) is 0 Å². The van der Waals surface area contributed by atoms with Gasteiger partial charge < -0.3 is 15.5 Å². The molecule has 0 spiro atoms. The van der Waals surface area contributed by atoms with Gasteiger partial charge in [-0.25, -0.2) is 0 Å². The summed E-state index contributed by atoms with van der Waals surface area (Å²) in [6, 6.07) is 1.42. The maximum Gasteiger partial charge on any atom is 0.287 e. The average molecular weight is 240 g/mol. The minimum Gasteiger partial charge on any atom is -0.459 e. The summed E-state index contributed by atoms with van der Waals surface area (Å²) < 4.78 is 5.09. The van der Waals surface area contributed by atoms with Gasteiger partial charge in [-0.2, -0.15) is 0 Å². The predicted molar refractivity (Wildman–Crippen MR) is 66.3 cm³/mol. The van der Waals surface area contributed by atoms with Crippen LogP contribution < -0.4 is 11.1 Å². The van der Waals surface area contributed by atoms with Crippen molar-refractivity contribution in [2.45, 2.75) is 26.8 Å². The lowest BCUT2D eigenvalue weighted by atomic mass is 10.0. The number of amides is 1. The molecule has 16 heavy (non-hydrogen) atoms. The molecular formula is C11H16N2O2S. The van der Waals surface area contributed by atoms with Crippen molar-refractivity contribution in [1.82, 2.24) is 5.32 Å². The lowest BCUT2D eigenvalue weighted by Crippen LogP contribution is -2.46. The molecule has 4 nitrogen and oxygen atoms in total. The molecule has 0 saturated carbocycles. The van der Waals surface area contributed by atoms with Crippen LogP contribution in [0.2, 0.25) is 0 Å². The highest BCUT2D eigenvalue weighted by Crippen LogP contribution is 2.10. The number of furan rings is 1. The number of hydrogen-bond acceptors (Lipinski definition) is 3. The number of thiocarbonyl (C=S) groups is 1. The van der Waals surface area contributed by atoms with Gasteiger partial charge in [-0.15, -0.1) is 0 Å². The molecule has 0 fully saturated rings. The van der Waals surface area contributed by atoms with Crippen molar-refractivity contribution in [3.8, 4) is 0 Å². The quantitative estimate of drug-likeness (QED) is 0.785. The van der Waals surface area contributed by atoms with E-state index in [4.69, 9.17) is 22.4 Å². The number of rotatable bonds is 4. The molecular weight excluding hydrogens is 224 g/mol. The summed E-state index contributed by atoms with van der Waals surface area (Å²) in [5, 5.41) is 2.76. The molecule has 0 aromatic carbocycles. The van der Waals surface area contributed by atoms with Crippen LogP contribution in [0.25, 0.3) is 0 Å². The smallest absolute Gasteiger partial charge is 0.287 e. The average Bonchev–Trinajstić information content (AvgIpc) is 2.59. The van der Waals surface area contributed by atoms with Crippen LogP contribution in [0.15, 0.2) is 16.7 Å².